The Hall–Kier alpha value is -2.45. The van der Waals surface area contributed by atoms with Crippen LogP contribution in [-0.4, -0.2) is 55.5 Å². The molecule has 0 radical (unpaired) electrons. The van der Waals surface area contributed by atoms with E-state index in [4.69, 9.17) is 4.74 Å². The van der Waals surface area contributed by atoms with Crippen molar-refractivity contribution in [2.24, 2.45) is 0 Å². The lowest BCUT2D eigenvalue weighted by Gasteiger charge is -2.29. The van der Waals surface area contributed by atoms with Crippen LogP contribution >= 0.6 is 0 Å². The lowest BCUT2D eigenvalue weighted by molar-refractivity contribution is -1.02. The summed E-state index contributed by atoms with van der Waals surface area (Å²) in [4.78, 5) is 15.3. The zero-order valence-corrected chi connectivity index (χ0v) is 17.6. The molecule has 0 spiro atoms. The van der Waals surface area contributed by atoms with Gasteiger partial charge in [0.25, 0.3) is 5.91 Å². The minimum Gasteiger partial charge on any atom is -0.496 e. The monoisotopic (exact) mass is 417 g/mol. The van der Waals surface area contributed by atoms with Crippen molar-refractivity contribution in [1.29, 1.82) is 0 Å². The highest BCUT2D eigenvalue weighted by Crippen LogP contribution is 2.31. The van der Waals surface area contributed by atoms with Gasteiger partial charge in [-0.2, -0.15) is 5.10 Å². The maximum Gasteiger partial charge on any atom is 0.280 e. The van der Waals surface area contributed by atoms with Crippen molar-refractivity contribution >= 4 is 11.7 Å². The number of benzene rings is 1. The van der Waals surface area contributed by atoms with Crippen molar-refractivity contribution in [2.75, 3.05) is 45.2 Å². The molecule has 0 unspecified atom stereocenters. The lowest BCUT2D eigenvalue weighted by atomic mass is 10.1. The van der Waals surface area contributed by atoms with E-state index in [-0.39, 0.29) is 11.7 Å². The van der Waals surface area contributed by atoms with Crippen molar-refractivity contribution in [1.82, 2.24) is 9.78 Å². The van der Waals surface area contributed by atoms with E-state index < -0.39 is 0 Å². The number of rotatable bonds is 7. The Morgan fingerprint density at radius 1 is 1.20 bits per heavy atom. The molecule has 162 valence electrons. The number of halogens is 1. The standard InChI is InChI=1S/C22H30FN5O2/c1-30-20-7-6-18(23)14-17(20)15-26-10-12-27(13-11-26)16-22(29)25-21-8-9-24-28(21)19-4-2-3-5-19/h6-9,14,19H,2-5,10-13,15-16H2,1H3,(H,25,29)/p+2. The van der Waals surface area contributed by atoms with Gasteiger partial charge in [0, 0.05) is 6.07 Å². The molecular weight excluding hydrogens is 385 g/mol. The summed E-state index contributed by atoms with van der Waals surface area (Å²) in [6.07, 6.45) is 6.50. The number of carbonyl (C=O) groups excluding carboxylic acids is 1. The maximum absolute atomic E-state index is 13.6. The van der Waals surface area contributed by atoms with Gasteiger partial charge in [-0.15, -0.1) is 0 Å². The van der Waals surface area contributed by atoms with Gasteiger partial charge >= 0.3 is 0 Å². The van der Waals surface area contributed by atoms with Gasteiger partial charge < -0.3 is 19.9 Å². The molecule has 1 aliphatic heterocycles. The number of amides is 1. The number of hydrogen-bond donors (Lipinski definition) is 3. The number of quaternary nitrogens is 2. The number of nitrogens with zero attached hydrogens (tertiary/aromatic N) is 2. The average molecular weight is 418 g/mol. The van der Waals surface area contributed by atoms with Crippen molar-refractivity contribution < 1.29 is 23.7 Å². The molecule has 30 heavy (non-hydrogen) atoms. The molecule has 0 atom stereocenters. The van der Waals surface area contributed by atoms with Crippen LogP contribution in [-0.2, 0) is 11.3 Å². The van der Waals surface area contributed by atoms with E-state index in [1.54, 1.807) is 25.4 Å². The van der Waals surface area contributed by atoms with Crippen LogP contribution in [0.1, 0.15) is 37.3 Å². The summed E-state index contributed by atoms with van der Waals surface area (Å²) in [7, 11) is 1.62. The molecule has 2 aromatic rings. The average Bonchev–Trinajstić information content (AvgIpc) is 3.41. The molecule has 0 bridgehead atoms. The predicted molar refractivity (Wildman–Crippen MR) is 111 cm³/mol. The molecular formula is C22H32FN5O2+2. The highest BCUT2D eigenvalue weighted by molar-refractivity contribution is 5.90. The zero-order valence-electron chi connectivity index (χ0n) is 17.6. The zero-order chi connectivity index (χ0) is 20.9. The summed E-state index contributed by atoms with van der Waals surface area (Å²) < 4.78 is 21.0. The van der Waals surface area contributed by atoms with Gasteiger partial charge in [0.15, 0.2) is 6.54 Å². The first-order valence-corrected chi connectivity index (χ1v) is 11.0. The normalized spacial score (nSPS) is 22.2. The fraction of sp³-hybridized carbons (Fsp3) is 0.545. The van der Waals surface area contributed by atoms with Gasteiger partial charge in [-0.25, -0.2) is 9.07 Å². The number of hydrogen-bond acceptors (Lipinski definition) is 3. The van der Waals surface area contributed by atoms with Gasteiger partial charge in [-0.1, -0.05) is 12.8 Å². The van der Waals surface area contributed by atoms with Crippen molar-refractivity contribution in [2.45, 2.75) is 38.3 Å². The molecule has 1 saturated carbocycles. The number of ether oxygens (including phenoxy) is 1. The molecule has 1 aromatic carbocycles. The number of nitrogens with one attached hydrogen (secondary N) is 3. The van der Waals surface area contributed by atoms with Crippen molar-refractivity contribution in [3.8, 4) is 5.75 Å². The first-order chi connectivity index (χ1) is 14.6. The molecule has 7 nitrogen and oxygen atoms in total. The second kappa shape index (κ2) is 9.57. The van der Waals surface area contributed by atoms with E-state index in [2.05, 4.69) is 10.4 Å². The summed E-state index contributed by atoms with van der Waals surface area (Å²) >= 11 is 0. The third-order valence-corrected chi connectivity index (χ3v) is 6.37. The van der Waals surface area contributed by atoms with Crippen LogP contribution in [0.25, 0.3) is 0 Å². The Balaban J connectivity index is 1.26. The molecule has 2 heterocycles. The Kier molecular flexibility index (Phi) is 6.64. The van der Waals surface area contributed by atoms with Crippen LogP contribution in [0.2, 0.25) is 0 Å². The van der Waals surface area contributed by atoms with Gasteiger partial charge in [-0.05, 0) is 31.0 Å². The van der Waals surface area contributed by atoms with E-state index in [0.29, 0.717) is 12.6 Å². The topological polar surface area (TPSA) is 65.0 Å². The largest absolute Gasteiger partial charge is 0.496 e. The van der Waals surface area contributed by atoms with Crippen molar-refractivity contribution in [3.05, 3.63) is 41.8 Å². The Labute approximate surface area is 176 Å². The van der Waals surface area contributed by atoms with Gasteiger partial charge in [-0.3, -0.25) is 4.79 Å². The molecule has 4 rings (SSSR count). The number of methoxy groups -OCH3 is 1. The molecule has 1 aliphatic carbocycles. The van der Waals surface area contributed by atoms with E-state index in [1.165, 1.54) is 28.7 Å². The van der Waals surface area contributed by atoms with E-state index >= 15 is 0 Å². The third-order valence-electron chi connectivity index (χ3n) is 6.37. The van der Waals surface area contributed by atoms with Crippen LogP contribution in [0.3, 0.4) is 0 Å². The summed E-state index contributed by atoms with van der Waals surface area (Å²) in [5.74, 6) is 1.36. The summed E-state index contributed by atoms with van der Waals surface area (Å²) in [6.45, 7) is 4.93. The van der Waals surface area contributed by atoms with Crippen LogP contribution in [0, 0.1) is 5.82 Å². The van der Waals surface area contributed by atoms with E-state index in [0.717, 1.165) is 62.7 Å². The fourth-order valence-corrected chi connectivity index (χ4v) is 4.73. The molecule has 3 N–H and O–H groups in total. The number of piperazine rings is 1. The first-order valence-electron chi connectivity index (χ1n) is 11.0. The Bertz CT molecular complexity index is 857. The first kappa shape index (κ1) is 20.8. The minimum absolute atomic E-state index is 0.0417. The molecule has 2 aliphatic rings. The summed E-state index contributed by atoms with van der Waals surface area (Å²) in [5.41, 5.74) is 0.897. The second-order valence-corrected chi connectivity index (χ2v) is 8.46. The maximum atomic E-state index is 13.6. The highest BCUT2D eigenvalue weighted by Gasteiger charge is 2.27. The van der Waals surface area contributed by atoms with Crippen LogP contribution in [0.4, 0.5) is 10.2 Å². The fourth-order valence-electron chi connectivity index (χ4n) is 4.73. The summed E-state index contributed by atoms with van der Waals surface area (Å²) in [5, 5.41) is 7.49. The number of aromatic nitrogens is 2. The molecule has 1 amide bonds. The van der Waals surface area contributed by atoms with Crippen LogP contribution in [0.5, 0.6) is 5.75 Å². The van der Waals surface area contributed by atoms with Crippen LogP contribution < -0.4 is 19.9 Å². The molecule has 1 saturated heterocycles. The number of carbonyl (C=O) groups is 1. The van der Waals surface area contributed by atoms with Gasteiger partial charge in [0.1, 0.15) is 50.1 Å². The quantitative estimate of drug-likeness (QED) is 0.597. The Morgan fingerprint density at radius 2 is 1.93 bits per heavy atom. The van der Waals surface area contributed by atoms with Crippen LogP contribution in [0.15, 0.2) is 30.5 Å². The SMILES string of the molecule is COc1ccc(F)cc1C[NH+]1CC[NH+](CC(=O)Nc2ccnn2C2CCCC2)CC1. The molecule has 8 heteroatoms. The van der Waals surface area contributed by atoms with Gasteiger partial charge in [0.2, 0.25) is 0 Å². The van der Waals surface area contributed by atoms with Crippen molar-refractivity contribution in [3.63, 3.8) is 0 Å². The third kappa shape index (κ3) is 4.99. The second-order valence-electron chi connectivity index (χ2n) is 8.46. The molecule has 2 fully saturated rings. The van der Waals surface area contributed by atoms with Gasteiger partial charge in [0.05, 0.1) is 24.9 Å². The Morgan fingerprint density at radius 3 is 2.67 bits per heavy atom. The number of anilines is 1. The smallest absolute Gasteiger partial charge is 0.280 e. The highest BCUT2D eigenvalue weighted by atomic mass is 19.1. The predicted octanol–water partition coefficient (Wildman–Crippen LogP) is 0.0680. The van der Waals surface area contributed by atoms with E-state index in [9.17, 15) is 9.18 Å². The van der Waals surface area contributed by atoms with E-state index in [1.807, 2.05) is 10.7 Å². The minimum atomic E-state index is -0.233. The lowest BCUT2D eigenvalue weighted by Crippen LogP contribution is -3.28. The molecule has 1 aromatic heterocycles. The summed E-state index contributed by atoms with van der Waals surface area (Å²) in [6, 6.07) is 6.98.